The van der Waals surface area contributed by atoms with Crippen molar-refractivity contribution in [3.8, 4) is 11.5 Å². The molecule has 108 valence electrons. The van der Waals surface area contributed by atoms with Crippen LogP contribution in [0.15, 0.2) is 41.0 Å². The van der Waals surface area contributed by atoms with Crippen molar-refractivity contribution in [2.75, 3.05) is 14.2 Å². The van der Waals surface area contributed by atoms with Gasteiger partial charge in [-0.25, -0.2) is 0 Å². The van der Waals surface area contributed by atoms with Crippen molar-refractivity contribution >= 4 is 0 Å². The van der Waals surface area contributed by atoms with Crippen LogP contribution in [0, 0.1) is 0 Å². The number of rotatable bonds is 7. The molecule has 0 saturated heterocycles. The number of methoxy groups -OCH3 is 2. The minimum Gasteiger partial charge on any atom is -0.493 e. The van der Waals surface area contributed by atoms with E-state index in [0.717, 1.165) is 30.2 Å². The molecule has 2 aromatic rings. The zero-order chi connectivity index (χ0) is 14.4. The smallest absolute Gasteiger partial charge is 0.160 e. The quantitative estimate of drug-likeness (QED) is 0.843. The van der Waals surface area contributed by atoms with E-state index in [9.17, 15) is 0 Å². The number of hydrogen-bond donors (Lipinski definition) is 1. The summed E-state index contributed by atoms with van der Waals surface area (Å²) in [5, 5.41) is 3.43. The molecule has 2 rings (SSSR count). The van der Waals surface area contributed by atoms with Gasteiger partial charge in [0.1, 0.15) is 5.76 Å². The molecule has 1 heterocycles. The third-order valence-electron chi connectivity index (χ3n) is 3.19. The van der Waals surface area contributed by atoms with E-state index < -0.39 is 0 Å². The summed E-state index contributed by atoms with van der Waals surface area (Å²) in [5.41, 5.74) is 1.21. The van der Waals surface area contributed by atoms with Gasteiger partial charge in [-0.2, -0.15) is 0 Å². The molecule has 1 aromatic carbocycles. The van der Waals surface area contributed by atoms with Crippen LogP contribution in [-0.4, -0.2) is 20.3 Å². The van der Waals surface area contributed by atoms with E-state index in [0.29, 0.717) is 6.04 Å². The Bertz CT molecular complexity index is 523. The van der Waals surface area contributed by atoms with Crippen LogP contribution in [0.1, 0.15) is 18.2 Å². The van der Waals surface area contributed by atoms with Crippen molar-refractivity contribution in [2.24, 2.45) is 0 Å². The van der Waals surface area contributed by atoms with Crippen molar-refractivity contribution in [3.63, 3.8) is 0 Å². The van der Waals surface area contributed by atoms with Crippen LogP contribution in [0.2, 0.25) is 0 Å². The van der Waals surface area contributed by atoms with Crippen LogP contribution in [0.5, 0.6) is 11.5 Å². The van der Waals surface area contributed by atoms with Gasteiger partial charge in [-0.05, 0) is 43.2 Å². The molecule has 1 aromatic heterocycles. The fraction of sp³-hybridized carbons (Fsp3) is 0.375. The van der Waals surface area contributed by atoms with Gasteiger partial charge in [0.25, 0.3) is 0 Å². The van der Waals surface area contributed by atoms with E-state index in [1.165, 1.54) is 5.56 Å². The van der Waals surface area contributed by atoms with Crippen molar-refractivity contribution < 1.29 is 13.9 Å². The Morgan fingerprint density at radius 1 is 1.15 bits per heavy atom. The van der Waals surface area contributed by atoms with Gasteiger partial charge in [-0.15, -0.1) is 0 Å². The van der Waals surface area contributed by atoms with Crippen LogP contribution in [0.25, 0.3) is 0 Å². The Morgan fingerprint density at radius 3 is 2.60 bits per heavy atom. The SMILES string of the molecule is COc1ccc(CC(C)NCc2ccco2)cc1OC. The van der Waals surface area contributed by atoms with E-state index in [-0.39, 0.29) is 0 Å². The lowest BCUT2D eigenvalue weighted by Crippen LogP contribution is -2.27. The minimum absolute atomic E-state index is 0.346. The summed E-state index contributed by atoms with van der Waals surface area (Å²) in [6.07, 6.45) is 2.61. The molecule has 1 N–H and O–H groups in total. The normalized spacial score (nSPS) is 12.2. The maximum atomic E-state index is 5.32. The average molecular weight is 275 g/mol. The highest BCUT2D eigenvalue weighted by Gasteiger charge is 2.08. The number of nitrogens with one attached hydrogen (secondary N) is 1. The zero-order valence-corrected chi connectivity index (χ0v) is 12.2. The van der Waals surface area contributed by atoms with Crippen molar-refractivity contribution in [3.05, 3.63) is 47.9 Å². The van der Waals surface area contributed by atoms with E-state index >= 15 is 0 Å². The second kappa shape index (κ2) is 7.01. The van der Waals surface area contributed by atoms with Crippen LogP contribution < -0.4 is 14.8 Å². The number of benzene rings is 1. The third-order valence-corrected chi connectivity index (χ3v) is 3.19. The molecule has 0 spiro atoms. The second-order valence-corrected chi connectivity index (χ2v) is 4.75. The topological polar surface area (TPSA) is 43.6 Å². The lowest BCUT2D eigenvalue weighted by molar-refractivity contribution is 0.354. The summed E-state index contributed by atoms with van der Waals surface area (Å²) < 4.78 is 15.9. The molecule has 4 nitrogen and oxygen atoms in total. The van der Waals surface area contributed by atoms with Crippen molar-refractivity contribution in [1.29, 1.82) is 0 Å². The molecule has 1 unspecified atom stereocenters. The zero-order valence-electron chi connectivity index (χ0n) is 12.2. The Kier molecular flexibility index (Phi) is 5.07. The predicted molar refractivity (Wildman–Crippen MR) is 78.3 cm³/mol. The van der Waals surface area contributed by atoms with Crippen molar-refractivity contribution in [2.45, 2.75) is 25.9 Å². The molecular weight excluding hydrogens is 254 g/mol. The highest BCUT2D eigenvalue weighted by molar-refractivity contribution is 5.43. The fourth-order valence-electron chi connectivity index (χ4n) is 2.12. The molecule has 0 aliphatic rings. The molecule has 0 aliphatic heterocycles. The molecule has 0 bridgehead atoms. The van der Waals surface area contributed by atoms with Crippen LogP contribution in [-0.2, 0) is 13.0 Å². The van der Waals surface area contributed by atoms with Gasteiger partial charge in [0.05, 0.1) is 27.0 Å². The van der Waals surface area contributed by atoms with Gasteiger partial charge in [-0.3, -0.25) is 0 Å². The van der Waals surface area contributed by atoms with Crippen LogP contribution in [0.4, 0.5) is 0 Å². The predicted octanol–water partition coefficient (Wildman–Crippen LogP) is 3.02. The largest absolute Gasteiger partial charge is 0.493 e. The van der Waals surface area contributed by atoms with Gasteiger partial charge >= 0.3 is 0 Å². The summed E-state index contributed by atoms with van der Waals surface area (Å²) >= 11 is 0. The van der Waals surface area contributed by atoms with E-state index in [1.807, 2.05) is 24.3 Å². The monoisotopic (exact) mass is 275 g/mol. The molecule has 0 saturated carbocycles. The summed E-state index contributed by atoms with van der Waals surface area (Å²) in [7, 11) is 3.30. The summed E-state index contributed by atoms with van der Waals surface area (Å²) in [6, 6.07) is 10.2. The molecule has 1 atom stereocenters. The minimum atomic E-state index is 0.346. The summed E-state index contributed by atoms with van der Waals surface area (Å²) in [6.45, 7) is 2.89. The molecule has 0 fully saturated rings. The first-order chi connectivity index (χ1) is 9.72. The number of furan rings is 1. The van der Waals surface area contributed by atoms with Gasteiger partial charge in [0, 0.05) is 6.04 Å². The maximum Gasteiger partial charge on any atom is 0.160 e. The lowest BCUT2D eigenvalue weighted by atomic mass is 10.1. The molecule has 0 radical (unpaired) electrons. The van der Waals surface area contributed by atoms with Gasteiger partial charge in [0.2, 0.25) is 0 Å². The van der Waals surface area contributed by atoms with Gasteiger partial charge in [-0.1, -0.05) is 6.07 Å². The maximum absolute atomic E-state index is 5.32. The Labute approximate surface area is 119 Å². The van der Waals surface area contributed by atoms with Crippen molar-refractivity contribution in [1.82, 2.24) is 5.32 Å². The second-order valence-electron chi connectivity index (χ2n) is 4.75. The van der Waals surface area contributed by atoms with Crippen LogP contribution >= 0.6 is 0 Å². The van der Waals surface area contributed by atoms with E-state index in [2.05, 4.69) is 18.3 Å². The third kappa shape index (κ3) is 3.78. The first-order valence-corrected chi connectivity index (χ1v) is 6.69. The first kappa shape index (κ1) is 14.5. The fourth-order valence-corrected chi connectivity index (χ4v) is 2.12. The highest BCUT2D eigenvalue weighted by Crippen LogP contribution is 2.27. The molecule has 0 aliphatic carbocycles. The average Bonchev–Trinajstić information content (AvgIpc) is 2.98. The summed E-state index contributed by atoms with van der Waals surface area (Å²) in [4.78, 5) is 0. The van der Waals surface area contributed by atoms with Gasteiger partial charge in [0.15, 0.2) is 11.5 Å². The van der Waals surface area contributed by atoms with E-state index in [1.54, 1.807) is 20.5 Å². The molecule has 4 heteroatoms. The number of hydrogen-bond acceptors (Lipinski definition) is 4. The molecule has 0 amide bonds. The molecule has 20 heavy (non-hydrogen) atoms. The van der Waals surface area contributed by atoms with Gasteiger partial charge < -0.3 is 19.2 Å². The Morgan fingerprint density at radius 2 is 1.95 bits per heavy atom. The molecular formula is C16H21NO3. The lowest BCUT2D eigenvalue weighted by Gasteiger charge is -2.14. The Balaban J connectivity index is 1.91. The highest BCUT2D eigenvalue weighted by atomic mass is 16.5. The first-order valence-electron chi connectivity index (χ1n) is 6.69. The summed E-state index contributed by atoms with van der Waals surface area (Å²) in [5.74, 6) is 2.47. The van der Waals surface area contributed by atoms with Crippen LogP contribution in [0.3, 0.4) is 0 Å². The Hall–Kier alpha value is -1.94. The number of ether oxygens (including phenoxy) is 2. The van der Waals surface area contributed by atoms with E-state index in [4.69, 9.17) is 13.9 Å². The standard InChI is InChI=1S/C16H21NO3/c1-12(17-11-14-5-4-8-20-14)9-13-6-7-15(18-2)16(10-13)19-3/h4-8,10,12,17H,9,11H2,1-3H3.